The Labute approximate surface area is 116 Å². The molecule has 0 radical (unpaired) electrons. The van der Waals surface area contributed by atoms with Crippen LogP contribution in [0.15, 0.2) is 18.2 Å². The van der Waals surface area contributed by atoms with Crippen LogP contribution in [0.1, 0.15) is 53.0 Å². The van der Waals surface area contributed by atoms with Crippen molar-refractivity contribution in [1.82, 2.24) is 0 Å². The van der Waals surface area contributed by atoms with Crippen molar-refractivity contribution in [3.8, 4) is 5.75 Å². The van der Waals surface area contributed by atoms with Crippen LogP contribution in [0.25, 0.3) is 0 Å². The second-order valence-corrected chi connectivity index (χ2v) is 6.56. The molecule has 1 aliphatic heterocycles. The first kappa shape index (κ1) is 14.4. The van der Waals surface area contributed by atoms with Crippen molar-refractivity contribution in [3.63, 3.8) is 0 Å². The third-order valence-electron chi connectivity index (χ3n) is 4.23. The lowest BCUT2D eigenvalue weighted by Gasteiger charge is -2.32. The SMILES string of the molecule is CC(C)c1ccc(B2OC(C)(C)C(C)(C)O2)c(O)c1. The molecule has 1 aromatic rings. The Morgan fingerprint density at radius 2 is 1.58 bits per heavy atom. The second kappa shape index (κ2) is 4.53. The van der Waals surface area contributed by atoms with Crippen LogP contribution < -0.4 is 5.46 Å². The largest absolute Gasteiger partial charge is 0.508 e. The molecule has 1 aliphatic rings. The summed E-state index contributed by atoms with van der Waals surface area (Å²) in [6, 6.07) is 5.71. The smallest absolute Gasteiger partial charge is 0.498 e. The lowest BCUT2D eigenvalue weighted by molar-refractivity contribution is 0.00578. The Balaban J connectivity index is 2.30. The van der Waals surface area contributed by atoms with Gasteiger partial charge in [-0.15, -0.1) is 0 Å². The van der Waals surface area contributed by atoms with Crippen molar-refractivity contribution >= 4 is 12.6 Å². The monoisotopic (exact) mass is 262 g/mol. The van der Waals surface area contributed by atoms with E-state index in [1.54, 1.807) is 6.07 Å². The predicted octanol–water partition coefficient (Wildman–Crippen LogP) is 2.81. The minimum atomic E-state index is -0.508. The lowest BCUT2D eigenvalue weighted by Crippen LogP contribution is -2.41. The molecule has 1 saturated heterocycles. The van der Waals surface area contributed by atoms with Crippen molar-refractivity contribution < 1.29 is 14.4 Å². The van der Waals surface area contributed by atoms with Gasteiger partial charge in [0.2, 0.25) is 0 Å². The van der Waals surface area contributed by atoms with Crippen LogP contribution in [-0.4, -0.2) is 23.4 Å². The molecule has 0 atom stereocenters. The van der Waals surface area contributed by atoms with Crippen LogP contribution in [0, 0.1) is 0 Å². The summed E-state index contributed by atoms with van der Waals surface area (Å²) in [4.78, 5) is 0. The van der Waals surface area contributed by atoms with Gasteiger partial charge in [-0.2, -0.15) is 0 Å². The number of hydrogen-bond acceptors (Lipinski definition) is 3. The Kier molecular flexibility index (Phi) is 3.44. The predicted molar refractivity (Wildman–Crippen MR) is 77.9 cm³/mol. The topological polar surface area (TPSA) is 38.7 Å². The minimum Gasteiger partial charge on any atom is -0.508 e. The van der Waals surface area contributed by atoms with E-state index in [2.05, 4.69) is 13.8 Å². The third-order valence-corrected chi connectivity index (χ3v) is 4.23. The molecule has 0 aromatic heterocycles. The van der Waals surface area contributed by atoms with Gasteiger partial charge in [0.05, 0.1) is 11.2 Å². The molecule has 0 unspecified atom stereocenters. The molecule has 4 heteroatoms. The van der Waals surface area contributed by atoms with E-state index in [1.165, 1.54) is 0 Å². The Morgan fingerprint density at radius 1 is 1.05 bits per heavy atom. The molecule has 0 saturated carbocycles. The maximum absolute atomic E-state index is 10.2. The molecule has 1 fully saturated rings. The maximum atomic E-state index is 10.2. The standard InChI is InChI=1S/C15H23BO3/c1-10(2)11-7-8-12(13(17)9-11)16-18-14(3,4)15(5,6)19-16/h7-10,17H,1-6H3. The zero-order chi connectivity index (χ0) is 14.4. The summed E-state index contributed by atoms with van der Waals surface area (Å²) in [5, 5.41) is 10.2. The fourth-order valence-electron chi connectivity index (χ4n) is 2.09. The fraction of sp³-hybridized carbons (Fsp3) is 0.600. The van der Waals surface area contributed by atoms with Gasteiger partial charge in [0.15, 0.2) is 0 Å². The quantitative estimate of drug-likeness (QED) is 0.833. The highest BCUT2D eigenvalue weighted by Crippen LogP contribution is 2.37. The van der Waals surface area contributed by atoms with Gasteiger partial charge >= 0.3 is 7.12 Å². The van der Waals surface area contributed by atoms with Gasteiger partial charge in [-0.05, 0) is 45.2 Å². The molecule has 0 spiro atoms. The van der Waals surface area contributed by atoms with Gasteiger partial charge < -0.3 is 14.4 Å². The molecule has 0 bridgehead atoms. The van der Waals surface area contributed by atoms with Crippen LogP contribution >= 0.6 is 0 Å². The van der Waals surface area contributed by atoms with Crippen molar-refractivity contribution in [1.29, 1.82) is 0 Å². The Hall–Kier alpha value is -0.995. The van der Waals surface area contributed by atoms with Gasteiger partial charge in [-0.3, -0.25) is 0 Å². The van der Waals surface area contributed by atoms with E-state index >= 15 is 0 Å². The maximum Gasteiger partial charge on any atom is 0.498 e. The van der Waals surface area contributed by atoms with Crippen LogP contribution in [0.3, 0.4) is 0 Å². The molecular formula is C15H23BO3. The number of hydrogen-bond donors (Lipinski definition) is 1. The Morgan fingerprint density at radius 3 is 2.00 bits per heavy atom. The summed E-state index contributed by atoms with van der Waals surface area (Å²) < 4.78 is 11.9. The van der Waals surface area contributed by atoms with E-state index in [4.69, 9.17) is 9.31 Å². The number of rotatable bonds is 2. The van der Waals surface area contributed by atoms with E-state index in [0.717, 1.165) is 5.56 Å². The van der Waals surface area contributed by atoms with Gasteiger partial charge in [-0.25, -0.2) is 0 Å². The average Bonchev–Trinajstić information content (AvgIpc) is 2.47. The second-order valence-electron chi connectivity index (χ2n) is 6.56. The summed E-state index contributed by atoms with van der Waals surface area (Å²) in [6.45, 7) is 12.2. The van der Waals surface area contributed by atoms with Crippen molar-refractivity contribution in [2.24, 2.45) is 0 Å². The molecule has 1 aromatic carbocycles. The van der Waals surface area contributed by atoms with E-state index in [9.17, 15) is 5.11 Å². The molecular weight excluding hydrogens is 239 g/mol. The first-order chi connectivity index (χ1) is 8.64. The van der Waals surface area contributed by atoms with Crippen LogP contribution in [0.5, 0.6) is 5.75 Å². The minimum absolute atomic E-state index is 0.240. The van der Waals surface area contributed by atoms with E-state index < -0.39 is 7.12 Å². The number of phenolic OH excluding ortho intramolecular Hbond substituents is 1. The summed E-state index contributed by atoms with van der Waals surface area (Å²) in [5.41, 5.74) is 1.03. The number of aromatic hydroxyl groups is 1. The zero-order valence-corrected chi connectivity index (χ0v) is 12.7. The number of phenols is 1. The van der Waals surface area contributed by atoms with Crippen molar-refractivity contribution in [2.45, 2.75) is 58.7 Å². The highest BCUT2D eigenvalue weighted by molar-refractivity contribution is 6.63. The Bertz CT molecular complexity index is 464. The molecule has 0 aliphatic carbocycles. The molecule has 1 heterocycles. The van der Waals surface area contributed by atoms with E-state index in [-0.39, 0.29) is 17.0 Å². The van der Waals surface area contributed by atoms with E-state index in [0.29, 0.717) is 11.4 Å². The van der Waals surface area contributed by atoms with Crippen LogP contribution in [0.2, 0.25) is 0 Å². The van der Waals surface area contributed by atoms with Crippen LogP contribution in [0.4, 0.5) is 0 Å². The van der Waals surface area contributed by atoms with Gasteiger partial charge in [-0.1, -0.05) is 26.0 Å². The lowest BCUT2D eigenvalue weighted by atomic mass is 9.77. The summed E-state index contributed by atoms with van der Waals surface area (Å²) in [6.07, 6.45) is 0. The van der Waals surface area contributed by atoms with Crippen molar-refractivity contribution in [3.05, 3.63) is 23.8 Å². The molecule has 104 valence electrons. The molecule has 0 amide bonds. The molecule has 3 nitrogen and oxygen atoms in total. The summed E-state index contributed by atoms with van der Waals surface area (Å²) >= 11 is 0. The number of benzene rings is 1. The highest BCUT2D eigenvalue weighted by Gasteiger charge is 2.52. The first-order valence-electron chi connectivity index (χ1n) is 6.82. The van der Waals surface area contributed by atoms with Gasteiger partial charge in [0, 0.05) is 5.46 Å². The van der Waals surface area contributed by atoms with Crippen LogP contribution in [-0.2, 0) is 9.31 Å². The first-order valence-corrected chi connectivity index (χ1v) is 6.82. The van der Waals surface area contributed by atoms with Gasteiger partial charge in [0.1, 0.15) is 5.75 Å². The summed E-state index contributed by atoms with van der Waals surface area (Å²) in [7, 11) is -0.508. The molecule has 1 N–H and O–H groups in total. The fourth-order valence-corrected chi connectivity index (χ4v) is 2.09. The average molecular weight is 262 g/mol. The normalized spacial score (nSPS) is 21.1. The van der Waals surface area contributed by atoms with Gasteiger partial charge in [0.25, 0.3) is 0 Å². The van der Waals surface area contributed by atoms with Crippen molar-refractivity contribution in [2.75, 3.05) is 0 Å². The highest BCUT2D eigenvalue weighted by atomic mass is 16.7. The molecule has 2 rings (SSSR count). The van der Waals surface area contributed by atoms with E-state index in [1.807, 2.05) is 39.8 Å². The zero-order valence-electron chi connectivity index (χ0n) is 12.7. The molecule has 19 heavy (non-hydrogen) atoms. The summed E-state index contributed by atoms with van der Waals surface area (Å²) in [5.74, 6) is 0.628. The third kappa shape index (κ3) is 2.52.